The molecule has 0 bridgehead atoms. The van der Waals surface area contributed by atoms with Crippen LogP contribution >= 0.6 is 11.8 Å². The molecule has 0 aliphatic rings. The van der Waals surface area contributed by atoms with E-state index in [0.717, 1.165) is 17.9 Å². The van der Waals surface area contributed by atoms with Crippen LogP contribution in [0.25, 0.3) is 0 Å². The van der Waals surface area contributed by atoms with Gasteiger partial charge in [0, 0.05) is 18.2 Å². The van der Waals surface area contributed by atoms with Crippen molar-refractivity contribution in [2.75, 3.05) is 11.5 Å². The minimum atomic E-state index is 0.340. The highest BCUT2D eigenvalue weighted by atomic mass is 32.2. The number of nitrogens with one attached hydrogen (secondary N) is 1. The van der Waals surface area contributed by atoms with Gasteiger partial charge in [0.25, 0.3) is 0 Å². The molecule has 0 saturated heterocycles. The second-order valence-electron chi connectivity index (χ2n) is 2.15. The third-order valence-electron chi connectivity index (χ3n) is 1.28. The molecular weight excluding hydrogens is 156 g/mol. The van der Waals surface area contributed by atoms with Gasteiger partial charge in [-0.05, 0) is 12.7 Å². The topological polar surface area (TPSA) is 38.0 Å². The molecule has 0 aromatic heterocycles. The highest BCUT2D eigenvalue weighted by Gasteiger charge is 2.02. The van der Waals surface area contributed by atoms with Gasteiger partial charge in [-0.15, -0.1) is 11.8 Å². The van der Waals surface area contributed by atoms with Crippen LogP contribution in [0.4, 0.5) is 0 Å². The average Bonchev–Trinajstić information content (AvgIpc) is 2.05. The first-order valence-corrected chi connectivity index (χ1v) is 4.94. The molecular formula is C8H16N2S. The van der Waals surface area contributed by atoms with E-state index in [-0.39, 0.29) is 0 Å². The molecule has 0 heterocycles. The van der Waals surface area contributed by atoms with Crippen LogP contribution in [-0.2, 0) is 0 Å². The standard InChI is InChI=1S/C8H16N2S/c1-3-5-6-8(10-9)7-11-4-2/h8,10H,4,6-7,9H2,1-2H3. The lowest BCUT2D eigenvalue weighted by molar-refractivity contribution is 0.591. The van der Waals surface area contributed by atoms with Crippen molar-refractivity contribution in [3.05, 3.63) is 0 Å². The van der Waals surface area contributed by atoms with Crippen molar-refractivity contribution in [3.8, 4) is 11.8 Å². The molecule has 0 aromatic carbocycles. The highest BCUT2D eigenvalue weighted by Crippen LogP contribution is 2.03. The summed E-state index contributed by atoms with van der Waals surface area (Å²) in [6.07, 6.45) is 0.847. The minimum absolute atomic E-state index is 0.340. The molecule has 0 saturated carbocycles. The van der Waals surface area contributed by atoms with E-state index in [1.807, 2.05) is 18.7 Å². The Morgan fingerprint density at radius 2 is 2.36 bits per heavy atom. The van der Waals surface area contributed by atoms with E-state index < -0.39 is 0 Å². The smallest absolute Gasteiger partial charge is 0.0410 e. The second-order valence-corrected chi connectivity index (χ2v) is 3.47. The van der Waals surface area contributed by atoms with Crippen molar-refractivity contribution in [3.63, 3.8) is 0 Å². The second kappa shape index (κ2) is 7.93. The molecule has 0 rings (SSSR count). The van der Waals surface area contributed by atoms with Gasteiger partial charge >= 0.3 is 0 Å². The minimum Gasteiger partial charge on any atom is -0.271 e. The number of rotatable bonds is 5. The summed E-state index contributed by atoms with van der Waals surface area (Å²) in [7, 11) is 0. The van der Waals surface area contributed by atoms with Crippen LogP contribution in [-0.4, -0.2) is 17.5 Å². The number of hydrogen-bond acceptors (Lipinski definition) is 3. The normalized spacial score (nSPS) is 11.9. The summed E-state index contributed by atoms with van der Waals surface area (Å²) in [5.41, 5.74) is 2.75. The molecule has 0 fully saturated rings. The van der Waals surface area contributed by atoms with Crippen LogP contribution in [0, 0.1) is 11.8 Å². The van der Waals surface area contributed by atoms with Crippen LogP contribution in [0.3, 0.4) is 0 Å². The third kappa shape index (κ3) is 6.24. The summed E-state index contributed by atoms with van der Waals surface area (Å²) >= 11 is 1.88. The van der Waals surface area contributed by atoms with Crippen molar-refractivity contribution >= 4 is 11.8 Å². The van der Waals surface area contributed by atoms with Crippen LogP contribution in [0.1, 0.15) is 20.3 Å². The maximum Gasteiger partial charge on any atom is 0.0410 e. The largest absolute Gasteiger partial charge is 0.271 e. The lowest BCUT2D eigenvalue weighted by atomic mass is 10.2. The fourth-order valence-corrected chi connectivity index (χ4v) is 1.39. The Labute approximate surface area is 73.3 Å². The summed E-state index contributed by atoms with van der Waals surface area (Å²) < 4.78 is 0. The van der Waals surface area contributed by atoms with Gasteiger partial charge in [-0.2, -0.15) is 11.8 Å². The van der Waals surface area contributed by atoms with Gasteiger partial charge in [0.2, 0.25) is 0 Å². The lowest BCUT2D eigenvalue weighted by Gasteiger charge is -2.10. The summed E-state index contributed by atoms with van der Waals surface area (Å²) in [5, 5.41) is 0. The van der Waals surface area contributed by atoms with Gasteiger partial charge in [-0.1, -0.05) is 6.92 Å². The maximum atomic E-state index is 5.32. The van der Waals surface area contributed by atoms with E-state index in [2.05, 4.69) is 24.2 Å². The summed E-state index contributed by atoms with van der Waals surface area (Å²) in [6, 6.07) is 0.340. The van der Waals surface area contributed by atoms with Crippen LogP contribution in [0.5, 0.6) is 0 Å². The van der Waals surface area contributed by atoms with E-state index in [4.69, 9.17) is 5.84 Å². The molecule has 0 radical (unpaired) electrons. The first-order chi connectivity index (χ1) is 5.35. The first kappa shape index (κ1) is 10.8. The SMILES string of the molecule is CC#CCC(CSCC)NN. The number of hydrogen-bond donors (Lipinski definition) is 2. The van der Waals surface area contributed by atoms with Gasteiger partial charge in [-0.3, -0.25) is 11.3 Å². The van der Waals surface area contributed by atoms with Crippen molar-refractivity contribution in [2.24, 2.45) is 5.84 Å². The van der Waals surface area contributed by atoms with E-state index in [1.165, 1.54) is 0 Å². The quantitative estimate of drug-likeness (QED) is 0.369. The molecule has 11 heavy (non-hydrogen) atoms. The maximum absolute atomic E-state index is 5.32. The molecule has 0 aliphatic heterocycles. The Balaban J connectivity index is 3.46. The number of nitrogens with two attached hydrogens (primary N) is 1. The Morgan fingerprint density at radius 3 is 2.82 bits per heavy atom. The fraction of sp³-hybridized carbons (Fsp3) is 0.750. The van der Waals surface area contributed by atoms with E-state index in [9.17, 15) is 0 Å². The zero-order chi connectivity index (χ0) is 8.53. The van der Waals surface area contributed by atoms with Crippen molar-refractivity contribution in [2.45, 2.75) is 26.3 Å². The van der Waals surface area contributed by atoms with Gasteiger partial charge in [0.05, 0.1) is 0 Å². The predicted octanol–water partition coefficient (Wildman–Crippen LogP) is 0.985. The molecule has 0 spiro atoms. The number of thioether (sulfide) groups is 1. The highest BCUT2D eigenvalue weighted by molar-refractivity contribution is 7.99. The first-order valence-electron chi connectivity index (χ1n) is 3.78. The summed E-state index contributed by atoms with van der Waals surface area (Å²) in [4.78, 5) is 0. The van der Waals surface area contributed by atoms with E-state index in [1.54, 1.807) is 0 Å². The molecule has 64 valence electrons. The van der Waals surface area contributed by atoms with Crippen molar-refractivity contribution in [1.82, 2.24) is 5.43 Å². The van der Waals surface area contributed by atoms with Crippen LogP contribution in [0.15, 0.2) is 0 Å². The molecule has 0 amide bonds. The fourth-order valence-electron chi connectivity index (χ4n) is 0.651. The zero-order valence-corrected chi connectivity index (χ0v) is 8.00. The molecule has 1 unspecified atom stereocenters. The molecule has 2 nitrogen and oxygen atoms in total. The van der Waals surface area contributed by atoms with E-state index in [0.29, 0.717) is 6.04 Å². The van der Waals surface area contributed by atoms with E-state index >= 15 is 0 Å². The Bertz CT molecular complexity index is 137. The van der Waals surface area contributed by atoms with Gasteiger partial charge in [0.1, 0.15) is 0 Å². The van der Waals surface area contributed by atoms with Crippen molar-refractivity contribution in [1.29, 1.82) is 0 Å². The zero-order valence-electron chi connectivity index (χ0n) is 7.18. The molecule has 0 aliphatic carbocycles. The molecule has 3 heteroatoms. The monoisotopic (exact) mass is 172 g/mol. The van der Waals surface area contributed by atoms with Crippen LogP contribution < -0.4 is 11.3 Å². The third-order valence-corrected chi connectivity index (χ3v) is 2.33. The molecule has 3 N–H and O–H groups in total. The molecule has 0 aromatic rings. The van der Waals surface area contributed by atoms with Crippen LogP contribution in [0.2, 0.25) is 0 Å². The van der Waals surface area contributed by atoms with Gasteiger partial charge in [-0.25, -0.2) is 0 Å². The Kier molecular flexibility index (Phi) is 7.81. The van der Waals surface area contributed by atoms with Gasteiger partial charge in [0.15, 0.2) is 0 Å². The number of hydrazine groups is 1. The Morgan fingerprint density at radius 1 is 1.64 bits per heavy atom. The van der Waals surface area contributed by atoms with Gasteiger partial charge < -0.3 is 0 Å². The predicted molar refractivity (Wildman–Crippen MR) is 52.2 cm³/mol. The lowest BCUT2D eigenvalue weighted by Crippen LogP contribution is -2.36. The Hall–Kier alpha value is -0.170. The average molecular weight is 172 g/mol. The summed E-state index contributed by atoms with van der Waals surface area (Å²) in [6.45, 7) is 3.99. The summed E-state index contributed by atoms with van der Waals surface area (Å²) in [5.74, 6) is 13.4. The van der Waals surface area contributed by atoms with Crippen molar-refractivity contribution < 1.29 is 0 Å². The molecule has 1 atom stereocenters.